The van der Waals surface area contributed by atoms with Crippen LogP contribution in [0.1, 0.15) is 24.0 Å². The van der Waals surface area contributed by atoms with Crippen LogP contribution in [0, 0.1) is 5.92 Å². The molecule has 0 radical (unpaired) electrons. The van der Waals surface area contributed by atoms with Crippen molar-refractivity contribution in [2.75, 3.05) is 19.9 Å². The van der Waals surface area contributed by atoms with Crippen molar-refractivity contribution in [3.05, 3.63) is 59.7 Å². The van der Waals surface area contributed by atoms with Crippen LogP contribution in [0.2, 0.25) is 0 Å². The van der Waals surface area contributed by atoms with Crippen molar-refractivity contribution in [2.45, 2.75) is 30.8 Å². The minimum atomic E-state index is -0.183. The van der Waals surface area contributed by atoms with E-state index < -0.39 is 0 Å². The first kappa shape index (κ1) is 20.3. The largest absolute Gasteiger partial charge is 0.496 e. The van der Waals surface area contributed by atoms with Gasteiger partial charge in [-0.25, -0.2) is 0 Å². The second-order valence-electron chi connectivity index (χ2n) is 6.89. The molecule has 1 fully saturated rings. The van der Waals surface area contributed by atoms with Crippen LogP contribution in [0.15, 0.2) is 53.4 Å². The molecule has 0 unspecified atom stereocenters. The average Bonchev–Trinajstić information content (AvgIpc) is 2.74. The normalized spacial score (nSPS) is 16.7. The molecule has 0 aromatic heterocycles. The van der Waals surface area contributed by atoms with E-state index in [1.807, 2.05) is 42.7 Å². The van der Waals surface area contributed by atoms with Crippen LogP contribution < -0.4 is 10.1 Å². The summed E-state index contributed by atoms with van der Waals surface area (Å²) in [5.41, 5.74) is 2.03. The number of carbonyl (C=O) groups is 2. The lowest BCUT2D eigenvalue weighted by Gasteiger charge is -2.32. The van der Waals surface area contributed by atoms with Gasteiger partial charge in [0.05, 0.1) is 13.0 Å². The summed E-state index contributed by atoms with van der Waals surface area (Å²) in [5.74, 6) is 0.669. The zero-order valence-corrected chi connectivity index (χ0v) is 17.1. The Balaban J connectivity index is 1.58. The van der Waals surface area contributed by atoms with Crippen molar-refractivity contribution in [2.24, 2.45) is 5.92 Å². The third kappa shape index (κ3) is 5.07. The molecular formula is C22H26N2O3S. The van der Waals surface area contributed by atoms with Crippen molar-refractivity contribution in [3.63, 3.8) is 0 Å². The highest BCUT2D eigenvalue weighted by Gasteiger charge is 2.30. The molecule has 0 aliphatic carbocycles. The third-order valence-corrected chi connectivity index (χ3v) is 5.79. The van der Waals surface area contributed by atoms with E-state index in [9.17, 15) is 9.59 Å². The quantitative estimate of drug-likeness (QED) is 0.726. The number of para-hydroxylation sites is 1. The summed E-state index contributed by atoms with van der Waals surface area (Å²) >= 11 is 1.69. The Bertz CT molecular complexity index is 823. The van der Waals surface area contributed by atoms with Gasteiger partial charge in [-0.3, -0.25) is 9.59 Å². The van der Waals surface area contributed by atoms with E-state index in [2.05, 4.69) is 17.4 Å². The Morgan fingerprint density at radius 1 is 1.21 bits per heavy atom. The van der Waals surface area contributed by atoms with Crippen LogP contribution in [-0.2, 0) is 22.7 Å². The van der Waals surface area contributed by atoms with E-state index >= 15 is 0 Å². The van der Waals surface area contributed by atoms with Gasteiger partial charge in [-0.2, -0.15) is 0 Å². The SMILES string of the molecule is COc1ccccc1CN1C[C@@H](C(=O)NCc2ccc(SC)cc2)CCC1=O. The van der Waals surface area contributed by atoms with Crippen LogP contribution in [0.3, 0.4) is 0 Å². The van der Waals surface area contributed by atoms with Crippen LogP contribution in [-0.4, -0.2) is 36.6 Å². The van der Waals surface area contributed by atoms with Gasteiger partial charge in [0.25, 0.3) is 0 Å². The number of hydrogen-bond donors (Lipinski definition) is 1. The number of nitrogens with one attached hydrogen (secondary N) is 1. The number of likely N-dealkylation sites (tertiary alicyclic amines) is 1. The van der Waals surface area contributed by atoms with E-state index in [0.29, 0.717) is 32.5 Å². The summed E-state index contributed by atoms with van der Waals surface area (Å²) in [6.45, 7) is 1.40. The Morgan fingerprint density at radius 2 is 1.96 bits per heavy atom. The van der Waals surface area contributed by atoms with E-state index in [1.165, 1.54) is 4.90 Å². The number of methoxy groups -OCH3 is 1. The van der Waals surface area contributed by atoms with Gasteiger partial charge in [-0.05, 0) is 36.4 Å². The number of carbonyl (C=O) groups excluding carboxylic acids is 2. The van der Waals surface area contributed by atoms with Crippen molar-refractivity contribution in [3.8, 4) is 5.75 Å². The van der Waals surface area contributed by atoms with E-state index in [1.54, 1.807) is 23.8 Å². The van der Waals surface area contributed by atoms with Gasteiger partial charge in [0.15, 0.2) is 0 Å². The summed E-state index contributed by atoms with van der Waals surface area (Å²) in [4.78, 5) is 28.0. The molecule has 148 valence electrons. The fraction of sp³-hybridized carbons (Fsp3) is 0.364. The molecular weight excluding hydrogens is 372 g/mol. The van der Waals surface area contributed by atoms with Crippen molar-refractivity contribution < 1.29 is 14.3 Å². The monoisotopic (exact) mass is 398 g/mol. The molecule has 1 heterocycles. The van der Waals surface area contributed by atoms with E-state index in [0.717, 1.165) is 16.9 Å². The van der Waals surface area contributed by atoms with Gasteiger partial charge in [0.2, 0.25) is 11.8 Å². The van der Waals surface area contributed by atoms with E-state index in [-0.39, 0.29) is 17.7 Å². The molecule has 2 aromatic rings. The summed E-state index contributed by atoms with van der Waals surface area (Å²) in [6, 6.07) is 15.8. The fourth-order valence-electron chi connectivity index (χ4n) is 3.40. The second kappa shape index (κ2) is 9.64. The van der Waals surface area contributed by atoms with Crippen LogP contribution in [0.25, 0.3) is 0 Å². The maximum Gasteiger partial charge on any atom is 0.225 e. The van der Waals surface area contributed by atoms with Gasteiger partial charge < -0.3 is 15.0 Å². The Morgan fingerprint density at radius 3 is 2.68 bits per heavy atom. The number of ether oxygens (including phenoxy) is 1. The number of nitrogens with zero attached hydrogens (tertiary/aromatic N) is 1. The molecule has 1 saturated heterocycles. The van der Waals surface area contributed by atoms with Gasteiger partial charge >= 0.3 is 0 Å². The number of hydrogen-bond acceptors (Lipinski definition) is 4. The predicted molar refractivity (Wildman–Crippen MR) is 111 cm³/mol. The number of thioether (sulfide) groups is 1. The average molecular weight is 399 g/mol. The van der Waals surface area contributed by atoms with Gasteiger partial charge in [-0.1, -0.05) is 30.3 Å². The lowest BCUT2D eigenvalue weighted by Crippen LogP contribution is -2.45. The summed E-state index contributed by atoms with van der Waals surface area (Å²) < 4.78 is 5.38. The van der Waals surface area contributed by atoms with Gasteiger partial charge in [0.1, 0.15) is 5.75 Å². The number of piperidine rings is 1. The molecule has 0 spiro atoms. The maximum absolute atomic E-state index is 12.6. The molecule has 0 bridgehead atoms. The van der Waals surface area contributed by atoms with Crippen molar-refractivity contribution in [1.82, 2.24) is 10.2 Å². The molecule has 28 heavy (non-hydrogen) atoms. The number of amides is 2. The molecule has 3 rings (SSSR count). The Kier molecular flexibility index (Phi) is 6.98. The first-order chi connectivity index (χ1) is 13.6. The van der Waals surface area contributed by atoms with Gasteiger partial charge in [-0.15, -0.1) is 11.8 Å². The van der Waals surface area contributed by atoms with E-state index in [4.69, 9.17) is 4.74 Å². The molecule has 1 aliphatic heterocycles. The topological polar surface area (TPSA) is 58.6 Å². The van der Waals surface area contributed by atoms with Crippen LogP contribution in [0.5, 0.6) is 5.75 Å². The smallest absolute Gasteiger partial charge is 0.225 e. The molecule has 1 atom stereocenters. The molecule has 2 aromatic carbocycles. The lowest BCUT2D eigenvalue weighted by molar-refractivity contribution is -0.139. The van der Waals surface area contributed by atoms with Crippen molar-refractivity contribution in [1.29, 1.82) is 0 Å². The fourth-order valence-corrected chi connectivity index (χ4v) is 3.81. The molecule has 5 nitrogen and oxygen atoms in total. The maximum atomic E-state index is 12.6. The summed E-state index contributed by atoms with van der Waals surface area (Å²) in [5, 5.41) is 3.02. The highest BCUT2D eigenvalue weighted by atomic mass is 32.2. The zero-order chi connectivity index (χ0) is 19.9. The predicted octanol–water partition coefficient (Wildman–Crippen LogP) is 3.47. The molecule has 2 amide bonds. The van der Waals surface area contributed by atoms with Crippen molar-refractivity contribution >= 4 is 23.6 Å². The molecule has 6 heteroatoms. The van der Waals surface area contributed by atoms with Gasteiger partial charge in [0, 0.05) is 36.5 Å². The van der Waals surface area contributed by atoms with Crippen LogP contribution >= 0.6 is 11.8 Å². The molecule has 1 N–H and O–H groups in total. The first-order valence-electron chi connectivity index (χ1n) is 9.41. The lowest BCUT2D eigenvalue weighted by atomic mass is 9.96. The van der Waals surface area contributed by atoms with Crippen LogP contribution in [0.4, 0.5) is 0 Å². The highest BCUT2D eigenvalue weighted by Crippen LogP contribution is 2.24. The Hall–Kier alpha value is -2.47. The molecule has 0 saturated carbocycles. The third-order valence-electron chi connectivity index (χ3n) is 5.05. The highest BCUT2D eigenvalue weighted by molar-refractivity contribution is 7.98. The minimum absolute atomic E-state index is 0.00599. The molecule has 1 aliphatic rings. The number of benzene rings is 2. The number of rotatable bonds is 7. The Labute approximate surface area is 170 Å². The second-order valence-corrected chi connectivity index (χ2v) is 7.77. The first-order valence-corrected chi connectivity index (χ1v) is 10.6. The minimum Gasteiger partial charge on any atom is -0.496 e. The zero-order valence-electron chi connectivity index (χ0n) is 16.3. The summed E-state index contributed by atoms with van der Waals surface area (Å²) in [6.07, 6.45) is 3.03. The standard InChI is InChI=1S/C22H26N2O3S/c1-27-20-6-4-3-5-17(20)14-24-15-18(9-12-21(24)25)22(26)23-13-16-7-10-19(28-2)11-8-16/h3-8,10-11,18H,9,12-15H2,1-2H3,(H,23,26)/t18-/m0/s1. The summed E-state index contributed by atoms with van der Waals surface area (Å²) in [7, 11) is 1.62.